The lowest BCUT2D eigenvalue weighted by Gasteiger charge is -2.11. The molecule has 0 amide bonds. The first-order valence-electron chi connectivity index (χ1n) is 7.63. The van der Waals surface area contributed by atoms with Crippen LogP contribution in [0.2, 0.25) is 0 Å². The van der Waals surface area contributed by atoms with Gasteiger partial charge in [0, 0.05) is 22.3 Å². The van der Waals surface area contributed by atoms with Gasteiger partial charge in [0.05, 0.1) is 17.1 Å². The Morgan fingerprint density at radius 1 is 1.08 bits per heavy atom. The second-order valence-electron chi connectivity index (χ2n) is 5.47. The molecule has 0 bridgehead atoms. The lowest BCUT2D eigenvalue weighted by atomic mass is 10.0. The SMILES string of the molecule is C=CC(=C)Nc1cccc2ccc(-c3ccc(N)c(C=C)n3)cc12. The first kappa shape index (κ1) is 15.6. The molecular weight excluding hydrogens is 294 g/mol. The summed E-state index contributed by atoms with van der Waals surface area (Å²) in [6, 6.07) is 16.1. The number of anilines is 2. The minimum atomic E-state index is 0.624. The first-order valence-corrected chi connectivity index (χ1v) is 7.63. The number of nitrogens with two attached hydrogens (primary N) is 1. The van der Waals surface area contributed by atoms with Crippen molar-refractivity contribution in [2.75, 3.05) is 11.1 Å². The molecule has 0 aliphatic rings. The maximum Gasteiger partial charge on any atom is 0.0860 e. The number of hydrogen-bond acceptors (Lipinski definition) is 3. The van der Waals surface area contributed by atoms with E-state index in [9.17, 15) is 0 Å². The summed E-state index contributed by atoms with van der Waals surface area (Å²) in [5, 5.41) is 5.51. The number of benzene rings is 2. The number of fused-ring (bicyclic) bond motifs is 1. The van der Waals surface area contributed by atoms with E-state index in [2.05, 4.69) is 54.3 Å². The van der Waals surface area contributed by atoms with Crippen molar-refractivity contribution in [3.63, 3.8) is 0 Å². The Morgan fingerprint density at radius 2 is 1.92 bits per heavy atom. The van der Waals surface area contributed by atoms with Gasteiger partial charge in [0.15, 0.2) is 0 Å². The number of rotatable bonds is 5. The van der Waals surface area contributed by atoms with Crippen LogP contribution in [0.4, 0.5) is 11.4 Å². The molecule has 1 heterocycles. The Labute approximate surface area is 141 Å². The van der Waals surface area contributed by atoms with Crippen LogP contribution in [0.1, 0.15) is 5.69 Å². The summed E-state index contributed by atoms with van der Waals surface area (Å²) in [6.07, 6.45) is 3.36. The van der Waals surface area contributed by atoms with Crippen LogP contribution < -0.4 is 11.1 Å². The van der Waals surface area contributed by atoms with E-state index in [0.717, 1.165) is 33.4 Å². The highest BCUT2D eigenvalue weighted by Gasteiger charge is 2.07. The van der Waals surface area contributed by atoms with Gasteiger partial charge in [-0.25, -0.2) is 4.98 Å². The molecule has 0 saturated heterocycles. The van der Waals surface area contributed by atoms with E-state index in [1.54, 1.807) is 12.2 Å². The summed E-state index contributed by atoms with van der Waals surface area (Å²) in [5.41, 5.74) is 10.8. The van der Waals surface area contributed by atoms with Crippen LogP contribution in [0.5, 0.6) is 0 Å². The first-order chi connectivity index (χ1) is 11.6. The predicted octanol–water partition coefficient (Wildman–Crippen LogP) is 5.24. The molecule has 0 radical (unpaired) electrons. The van der Waals surface area contributed by atoms with Crippen molar-refractivity contribution in [3.8, 4) is 11.3 Å². The highest BCUT2D eigenvalue weighted by molar-refractivity contribution is 5.97. The molecule has 2 aromatic carbocycles. The quantitative estimate of drug-likeness (QED) is 0.633. The van der Waals surface area contributed by atoms with Gasteiger partial charge in [-0.1, -0.05) is 44.0 Å². The fourth-order valence-corrected chi connectivity index (χ4v) is 2.57. The van der Waals surface area contributed by atoms with Gasteiger partial charge < -0.3 is 11.1 Å². The zero-order valence-electron chi connectivity index (χ0n) is 13.4. The van der Waals surface area contributed by atoms with Gasteiger partial charge in [0.2, 0.25) is 0 Å². The third-order valence-electron chi connectivity index (χ3n) is 3.87. The predicted molar refractivity (Wildman–Crippen MR) is 105 cm³/mol. The van der Waals surface area contributed by atoms with Gasteiger partial charge in [0.1, 0.15) is 0 Å². The number of nitrogen functional groups attached to an aromatic ring is 1. The Hall–Kier alpha value is -3.33. The Kier molecular flexibility index (Phi) is 4.17. The van der Waals surface area contributed by atoms with E-state index in [4.69, 9.17) is 5.73 Å². The Morgan fingerprint density at radius 3 is 2.67 bits per heavy atom. The second-order valence-corrected chi connectivity index (χ2v) is 5.47. The van der Waals surface area contributed by atoms with Crippen molar-refractivity contribution in [2.45, 2.75) is 0 Å². The zero-order valence-corrected chi connectivity index (χ0v) is 13.4. The lowest BCUT2D eigenvalue weighted by Crippen LogP contribution is -1.96. The van der Waals surface area contributed by atoms with Crippen LogP contribution in [0, 0.1) is 0 Å². The number of nitrogens with zero attached hydrogens (tertiary/aromatic N) is 1. The van der Waals surface area contributed by atoms with E-state index >= 15 is 0 Å². The highest BCUT2D eigenvalue weighted by atomic mass is 14.9. The van der Waals surface area contributed by atoms with Gasteiger partial charge in [0.25, 0.3) is 0 Å². The normalized spacial score (nSPS) is 10.3. The fraction of sp³-hybridized carbons (Fsp3) is 0. The molecule has 0 atom stereocenters. The molecule has 0 fully saturated rings. The van der Waals surface area contributed by atoms with Crippen LogP contribution in [0.3, 0.4) is 0 Å². The maximum atomic E-state index is 5.90. The van der Waals surface area contributed by atoms with Crippen molar-refractivity contribution < 1.29 is 0 Å². The molecule has 0 saturated carbocycles. The summed E-state index contributed by atoms with van der Waals surface area (Å²) >= 11 is 0. The molecule has 118 valence electrons. The van der Waals surface area contributed by atoms with Crippen LogP contribution in [0.15, 0.2) is 80.0 Å². The fourth-order valence-electron chi connectivity index (χ4n) is 2.57. The average Bonchev–Trinajstić information content (AvgIpc) is 2.62. The summed E-state index contributed by atoms with van der Waals surface area (Å²) < 4.78 is 0. The minimum absolute atomic E-state index is 0.624. The number of hydrogen-bond donors (Lipinski definition) is 2. The molecule has 24 heavy (non-hydrogen) atoms. The summed E-state index contributed by atoms with van der Waals surface area (Å²) in [4.78, 5) is 4.58. The van der Waals surface area contributed by atoms with Crippen molar-refractivity contribution in [1.29, 1.82) is 0 Å². The van der Waals surface area contributed by atoms with E-state index < -0.39 is 0 Å². The number of aromatic nitrogens is 1. The molecule has 3 heteroatoms. The molecule has 0 aliphatic carbocycles. The van der Waals surface area contributed by atoms with Crippen molar-refractivity contribution in [3.05, 3.63) is 85.7 Å². The largest absolute Gasteiger partial charge is 0.397 e. The molecule has 3 nitrogen and oxygen atoms in total. The number of pyridine rings is 1. The Bertz CT molecular complexity index is 954. The summed E-state index contributed by atoms with van der Waals surface area (Å²) in [7, 11) is 0. The van der Waals surface area contributed by atoms with Gasteiger partial charge in [-0.05, 0) is 41.8 Å². The van der Waals surface area contributed by atoms with Crippen LogP contribution in [0.25, 0.3) is 28.1 Å². The number of allylic oxidation sites excluding steroid dienone is 1. The monoisotopic (exact) mass is 313 g/mol. The van der Waals surface area contributed by atoms with Gasteiger partial charge >= 0.3 is 0 Å². The van der Waals surface area contributed by atoms with Crippen LogP contribution in [-0.2, 0) is 0 Å². The molecule has 3 rings (SSSR count). The molecule has 0 aliphatic heterocycles. The topological polar surface area (TPSA) is 50.9 Å². The van der Waals surface area contributed by atoms with Gasteiger partial charge in [-0.2, -0.15) is 0 Å². The molecule has 0 spiro atoms. The smallest absolute Gasteiger partial charge is 0.0860 e. The van der Waals surface area contributed by atoms with Crippen molar-refractivity contribution in [2.24, 2.45) is 0 Å². The summed E-state index contributed by atoms with van der Waals surface area (Å²) in [6.45, 7) is 11.4. The third kappa shape index (κ3) is 2.92. The molecule has 3 aromatic rings. The number of nitrogens with one attached hydrogen (secondary N) is 1. The van der Waals surface area contributed by atoms with Crippen molar-refractivity contribution >= 4 is 28.2 Å². The minimum Gasteiger partial charge on any atom is -0.397 e. The zero-order chi connectivity index (χ0) is 17.1. The lowest BCUT2D eigenvalue weighted by molar-refractivity contribution is 1.30. The van der Waals surface area contributed by atoms with Gasteiger partial charge in [-0.3, -0.25) is 0 Å². The van der Waals surface area contributed by atoms with E-state index in [1.807, 2.05) is 24.3 Å². The standard InChI is InChI=1S/C21H19N3/c1-4-14(3)23-21-8-6-7-15-9-10-16(13-17(15)21)20-12-11-18(22)19(5-2)24-20/h4-13,23H,1-3,22H2. The van der Waals surface area contributed by atoms with E-state index in [0.29, 0.717) is 11.4 Å². The molecule has 1 aromatic heterocycles. The highest BCUT2D eigenvalue weighted by Crippen LogP contribution is 2.30. The molecule has 0 unspecified atom stereocenters. The summed E-state index contributed by atoms with van der Waals surface area (Å²) in [5.74, 6) is 0. The van der Waals surface area contributed by atoms with E-state index in [1.165, 1.54) is 0 Å². The van der Waals surface area contributed by atoms with Crippen LogP contribution >= 0.6 is 0 Å². The van der Waals surface area contributed by atoms with E-state index in [-0.39, 0.29) is 0 Å². The molecule has 3 N–H and O–H groups in total. The Balaban J connectivity index is 2.13. The molecular formula is C21H19N3. The van der Waals surface area contributed by atoms with Crippen LogP contribution in [-0.4, -0.2) is 4.98 Å². The maximum absolute atomic E-state index is 5.90. The average molecular weight is 313 g/mol. The second kappa shape index (κ2) is 6.42. The third-order valence-corrected chi connectivity index (χ3v) is 3.87. The van der Waals surface area contributed by atoms with Gasteiger partial charge in [-0.15, -0.1) is 0 Å². The van der Waals surface area contributed by atoms with Crippen molar-refractivity contribution in [1.82, 2.24) is 4.98 Å².